The molecule has 2 amide bonds. The summed E-state index contributed by atoms with van der Waals surface area (Å²) in [5.41, 5.74) is 7.72. The lowest BCUT2D eigenvalue weighted by Gasteiger charge is -2.07. The van der Waals surface area contributed by atoms with Crippen LogP contribution in [0.1, 0.15) is 23.3 Å². The highest BCUT2D eigenvalue weighted by molar-refractivity contribution is 5.91. The third-order valence-electron chi connectivity index (χ3n) is 4.50. The number of rotatable bonds is 8. The number of carbonyl (C=O) groups is 2. The van der Waals surface area contributed by atoms with E-state index in [1.165, 1.54) is 4.80 Å². The molecule has 2 aromatic heterocycles. The van der Waals surface area contributed by atoms with Gasteiger partial charge in [0, 0.05) is 23.9 Å². The number of nitrogens with one attached hydrogen (secondary N) is 1. The maximum Gasteiger partial charge on any atom is 0.269 e. The van der Waals surface area contributed by atoms with Gasteiger partial charge in [-0.05, 0) is 42.0 Å². The number of anilines is 1. The van der Waals surface area contributed by atoms with Crippen LogP contribution in [0.3, 0.4) is 0 Å². The van der Waals surface area contributed by atoms with Gasteiger partial charge in [-0.1, -0.05) is 30.3 Å². The molecule has 4 aromatic rings. The summed E-state index contributed by atoms with van der Waals surface area (Å²) in [5.74, 6) is -0.128. The molecule has 0 aliphatic carbocycles. The number of amides is 2. The maximum atomic E-state index is 12.2. The van der Waals surface area contributed by atoms with E-state index in [-0.39, 0.29) is 11.6 Å². The first-order valence-corrected chi connectivity index (χ1v) is 9.67. The molecule has 0 radical (unpaired) electrons. The summed E-state index contributed by atoms with van der Waals surface area (Å²) in [6.45, 7) is 0.494. The van der Waals surface area contributed by atoms with E-state index in [0.29, 0.717) is 30.9 Å². The number of nitrogens with two attached hydrogens (primary N) is 1. The van der Waals surface area contributed by atoms with Gasteiger partial charge in [0.15, 0.2) is 0 Å². The predicted octanol–water partition coefficient (Wildman–Crippen LogP) is 2.04. The Hall–Kier alpha value is -4.34. The van der Waals surface area contributed by atoms with E-state index in [0.717, 1.165) is 11.3 Å². The molecule has 0 fully saturated rings. The Morgan fingerprint density at radius 1 is 0.968 bits per heavy atom. The average molecular weight is 416 g/mol. The highest BCUT2D eigenvalue weighted by atomic mass is 16.2. The molecule has 10 heteroatoms. The van der Waals surface area contributed by atoms with Crippen LogP contribution in [0.15, 0.2) is 66.9 Å². The zero-order valence-corrected chi connectivity index (χ0v) is 16.5. The number of aromatic nitrogens is 6. The quantitative estimate of drug-likeness (QED) is 0.451. The lowest BCUT2D eigenvalue weighted by molar-refractivity contribution is -0.116. The number of nitrogens with zero attached hydrogens (tertiary/aromatic N) is 6. The standard InChI is InChI=1S/C21H20N8O2/c22-20(31)18-12-14-28(25-18)17-10-8-16(9-11-17)23-19(30)7-4-13-29-26-21(24-27-29)15-5-2-1-3-6-15/h1-3,5-6,8-12,14H,4,7,13H2,(H2,22,31)(H,23,30). The van der Waals surface area contributed by atoms with E-state index in [2.05, 4.69) is 25.8 Å². The zero-order chi connectivity index (χ0) is 21.6. The Labute approximate surface area is 177 Å². The smallest absolute Gasteiger partial charge is 0.269 e. The Morgan fingerprint density at radius 3 is 2.45 bits per heavy atom. The topological polar surface area (TPSA) is 134 Å². The van der Waals surface area contributed by atoms with Crippen molar-refractivity contribution in [3.63, 3.8) is 0 Å². The number of hydrogen-bond acceptors (Lipinski definition) is 6. The van der Waals surface area contributed by atoms with E-state index in [1.54, 1.807) is 41.2 Å². The van der Waals surface area contributed by atoms with Crippen molar-refractivity contribution < 1.29 is 9.59 Å². The summed E-state index contributed by atoms with van der Waals surface area (Å²) in [7, 11) is 0. The van der Waals surface area contributed by atoms with Gasteiger partial charge in [-0.25, -0.2) is 4.68 Å². The van der Waals surface area contributed by atoms with Gasteiger partial charge >= 0.3 is 0 Å². The van der Waals surface area contributed by atoms with Crippen molar-refractivity contribution in [1.29, 1.82) is 0 Å². The number of tetrazole rings is 1. The fourth-order valence-electron chi connectivity index (χ4n) is 2.94. The second-order valence-electron chi connectivity index (χ2n) is 6.78. The van der Waals surface area contributed by atoms with E-state index in [1.807, 2.05) is 30.3 Å². The molecule has 2 heterocycles. The third kappa shape index (κ3) is 4.99. The summed E-state index contributed by atoms with van der Waals surface area (Å²) in [6, 6.07) is 18.3. The molecule has 0 atom stereocenters. The summed E-state index contributed by atoms with van der Waals surface area (Å²) < 4.78 is 1.54. The molecule has 10 nitrogen and oxygen atoms in total. The number of hydrogen-bond donors (Lipinski definition) is 2. The number of primary amides is 1. The fourth-order valence-corrected chi connectivity index (χ4v) is 2.94. The molecular formula is C21H20N8O2. The number of aryl methyl sites for hydroxylation is 1. The predicted molar refractivity (Wildman–Crippen MR) is 113 cm³/mol. The number of benzene rings is 2. The van der Waals surface area contributed by atoms with Gasteiger partial charge in [-0.15, -0.1) is 10.2 Å². The van der Waals surface area contributed by atoms with Crippen LogP contribution >= 0.6 is 0 Å². The fraction of sp³-hybridized carbons (Fsp3) is 0.143. The third-order valence-corrected chi connectivity index (χ3v) is 4.50. The summed E-state index contributed by atoms with van der Waals surface area (Å²) in [5, 5.41) is 19.4. The Kier molecular flexibility index (Phi) is 5.79. The van der Waals surface area contributed by atoms with Crippen LogP contribution in [0.2, 0.25) is 0 Å². The second-order valence-corrected chi connectivity index (χ2v) is 6.78. The largest absolute Gasteiger partial charge is 0.364 e. The van der Waals surface area contributed by atoms with Crippen LogP contribution in [-0.4, -0.2) is 41.8 Å². The molecule has 0 saturated heterocycles. The van der Waals surface area contributed by atoms with Crippen molar-refractivity contribution in [2.45, 2.75) is 19.4 Å². The first kappa shape index (κ1) is 20.0. The first-order chi connectivity index (χ1) is 15.1. The van der Waals surface area contributed by atoms with Crippen LogP contribution in [0.25, 0.3) is 17.1 Å². The summed E-state index contributed by atoms with van der Waals surface area (Å²) in [4.78, 5) is 24.9. The van der Waals surface area contributed by atoms with Crippen LogP contribution in [0.5, 0.6) is 0 Å². The molecule has 3 N–H and O–H groups in total. The molecule has 2 aromatic carbocycles. The summed E-state index contributed by atoms with van der Waals surface area (Å²) in [6.07, 6.45) is 2.55. The van der Waals surface area contributed by atoms with Crippen LogP contribution < -0.4 is 11.1 Å². The van der Waals surface area contributed by atoms with Gasteiger partial charge in [-0.3, -0.25) is 9.59 Å². The second kappa shape index (κ2) is 8.99. The molecule has 0 bridgehead atoms. The molecule has 156 valence electrons. The molecule has 0 spiro atoms. The van der Waals surface area contributed by atoms with E-state index < -0.39 is 5.91 Å². The molecular weight excluding hydrogens is 396 g/mol. The normalized spacial score (nSPS) is 10.7. The average Bonchev–Trinajstić information content (AvgIpc) is 3.45. The molecule has 4 rings (SSSR count). The van der Waals surface area contributed by atoms with Gasteiger partial charge in [0.1, 0.15) is 5.69 Å². The minimum absolute atomic E-state index is 0.105. The molecule has 0 aliphatic heterocycles. The van der Waals surface area contributed by atoms with Crippen molar-refractivity contribution >= 4 is 17.5 Å². The van der Waals surface area contributed by atoms with Gasteiger partial charge in [0.2, 0.25) is 11.7 Å². The van der Waals surface area contributed by atoms with Gasteiger partial charge < -0.3 is 11.1 Å². The van der Waals surface area contributed by atoms with Crippen molar-refractivity contribution in [2.24, 2.45) is 5.73 Å². The monoisotopic (exact) mass is 416 g/mol. The molecule has 0 saturated carbocycles. The minimum atomic E-state index is -0.583. The SMILES string of the molecule is NC(=O)c1ccn(-c2ccc(NC(=O)CCCn3nnc(-c4ccccc4)n3)cc2)n1. The van der Waals surface area contributed by atoms with Crippen molar-refractivity contribution in [3.8, 4) is 17.1 Å². The van der Waals surface area contributed by atoms with Crippen LogP contribution in [-0.2, 0) is 11.3 Å². The molecule has 0 unspecified atom stereocenters. The lowest BCUT2D eigenvalue weighted by Crippen LogP contribution is -2.13. The van der Waals surface area contributed by atoms with Gasteiger partial charge in [0.25, 0.3) is 5.91 Å². The van der Waals surface area contributed by atoms with Gasteiger partial charge in [0.05, 0.1) is 12.2 Å². The Bertz CT molecular complexity index is 1180. The van der Waals surface area contributed by atoms with Crippen molar-refractivity contribution in [3.05, 3.63) is 72.6 Å². The number of carbonyl (C=O) groups excluding carboxylic acids is 2. The van der Waals surface area contributed by atoms with E-state index >= 15 is 0 Å². The van der Waals surface area contributed by atoms with Crippen LogP contribution in [0, 0.1) is 0 Å². The zero-order valence-electron chi connectivity index (χ0n) is 16.5. The van der Waals surface area contributed by atoms with Crippen LogP contribution in [0.4, 0.5) is 5.69 Å². The maximum absolute atomic E-state index is 12.2. The van der Waals surface area contributed by atoms with E-state index in [4.69, 9.17) is 5.73 Å². The van der Waals surface area contributed by atoms with Crippen molar-refractivity contribution in [2.75, 3.05) is 5.32 Å². The lowest BCUT2D eigenvalue weighted by atomic mass is 10.2. The van der Waals surface area contributed by atoms with E-state index in [9.17, 15) is 9.59 Å². The van der Waals surface area contributed by atoms with Gasteiger partial charge in [-0.2, -0.15) is 9.90 Å². The molecule has 31 heavy (non-hydrogen) atoms. The highest BCUT2D eigenvalue weighted by Gasteiger charge is 2.08. The van der Waals surface area contributed by atoms with Crippen molar-refractivity contribution in [1.82, 2.24) is 30.0 Å². The highest BCUT2D eigenvalue weighted by Crippen LogP contribution is 2.14. The summed E-state index contributed by atoms with van der Waals surface area (Å²) >= 11 is 0. The Morgan fingerprint density at radius 2 is 1.74 bits per heavy atom. The minimum Gasteiger partial charge on any atom is -0.364 e. The first-order valence-electron chi connectivity index (χ1n) is 9.67. The molecule has 0 aliphatic rings. The Balaban J connectivity index is 1.26.